The number of aromatic amines is 1. The van der Waals surface area contributed by atoms with E-state index in [1.54, 1.807) is 6.07 Å². The third kappa shape index (κ3) is 4.24. The lowest BCUT2D eigenvalue weighted by molar-refractivity contribution is 0.456. The average molecular weight is 478 g/mol. The van der Waals surface area contributed by atoms with Gasteiger partial charge in [-0.1, -0.05) is 65.1 Å². The van der Waals surface area contributed by atoms with Crippen molar-refractivity contribution in [3.63, 3.8) is 0 Å². The minimum Gasteiger partial charge on any atom is -0.434 e. The van der Waals surface area contributed by atoms with E-state index >= 15 is 0 Å². The summed E-state index contributed by atoms with van der Waals surface area (Å²) >= 11 is 18.8. The Morgan fingerprint density at radius 2 is 1.65 bits per heavy atom. The van der Waals surface area contributed by atoms with Crippen molar-refractivity contribution in [2.24, 2.45) is 0 Å². The molecule has 3 N–H and O–H groups in total. The molecule has 0 saturated carbocycles. The van der Waals surface area contributed by atoms with Gasteiger partial charge in [-0.2, -0.15) is 4.68 Å². The number of halogens is 3. The van der Waals surface area contributed by atoms with Crippen LogP contribution < -0.4 is 21.7 Å². The zero-order valence-corrected chi connectivity index (χ0v) is 17.6. The van der Waals surface area contributed by atoms with E-state index in [1.807, 2.05) is 35.3 Å². The highest BCUT2D eigenvalue weighted by Gasteiger charge is 2.16. The molecule has 156 valence electrons. The van der Waals surface area contributed by atoms with E-state index in [0.717, 1.165) is 10.2 Å². The van der Waals surface area contributed by atoms with Crippen molar-refractivity contribution in [2.45, 2.75) is 0 Å². The van der Waals surface area contributed by atoms with Crippen LogP contribution in [0.15, 0.2) is 58.1 Å². The molecule has 0 bridgehead atoms. The number of hydrogen-bond acceptors (Lipinski definition) is 7. The van der Waals surface area contributed by atoms with Gasteiger partial charge in [0.15, 0.2) is 10.9 Å². The molecule has 12 heteroatoms. The Balaban J connectivity index is 1.72. The van der Waals surface area contributed by atoms with Gasteiger partial charge in [0, 0.05) is 11.6 Å². The van der Waals surface area contributed by atoms with Gasteiger partial charge in [0.05, 0.1) is 15.7 Å². The molecule has 4 rings (SSSR count). The maximum absolute atomic E-state index is 12.0. The summed E-state index contributed by atoms with van der Waals surface area (Å²) in [6.07, 6.45) is 0. The second-order valence-corrected chi connectivity index (χ2v) is 7.32. The van der Waals surface area contributed by atoms with E-state index in [4.69, 9.17) is 45.3 Å². The number of aromatic nitrogens is 5. The predicted molar refractivity (Wildman–Crippen MR) is 117 cm³/mol. The molecule has 0 atom stereocenters. The van der Waals surface area contributed by atoms with Crippen LogP contribution in [0.25, 0.3) is 16.8 Å². The van der Waals surface area contributed by atoms with Crippen LogP contribution in [0.3, 0.4) is 0 Å². The third-order valence-electron chi connectivity index (χ3n) is 4.10. The van der Waals surface area contributed by atoms with Gasteiger partial charge in [-0.05, 0) is 17.7 Å². The number of nitrogens with zero attached hydrogens (tertiary/aromatic N) is 4. The molecule has 0 radical (unpaired) electrons. The van der Waals surface area contributed by atoms with E-state index in [1.165, 1.54) is 12.1 Å². The highest BCUT2D eigenvalue weighted by atomic mass is 35.5. The van der Waals surface area contributed by atoms with Gasteiger partial charge in [-0.15, -0.1) is 15.3 Å². The summed E-state index contributed by atoms with van der Waals surface area (Å²) in [6, 6.07) is 13.7. The number of benzene rings is 2. The number of nitrogens with two attached hydrogens (primary N) is 1. The summed E-state index contributed by atoms with van der Waals surface area (Å²) in [5.74, 6) is -0.214. The Hall–Kier alpha value is -3.40. The second-order valence-electron chi connectivity index (χ2n) is 6.15. The molecule has 2 heterocycles. The van der Waals surface area contributed by atoms with Crippen molar-refractivity contribution in [2.75, 3.05) is 5.73 Å². The van der Waals surface area contributed by atoms with Crippen molar-refractivity contribution in [1.29, 1.82) is 0 Å². The van der Waals surface area contributed by atoms with Crippen molar-refractivity contribution in [3.8, 4) is 28.4 Å². The molecule has 0 fully saturated rings. The lowest BCUT2D eigenvalue weighted by Crippen LogP contribution is -2.33. The molecule has 31 heavy (non-hydrogen) atoms. The van der Waals surface area contributed by atoms with Crippen molar-refractivity contribution < 1.29 is 4.74 Å². The summed E-state index contributed by atoms with van der Waals surface area (Å²) in [7, 11) is 0. The normalized spacial score (nSPS) is 10.8. The lowest BCUT2D eigenvalue weighted by Gasteiger charge is -2.12. The van der Waals surface area contributed by atoms with Crippen LogP contribution in [-0.2, 0) is 0 Å². The Bertz CT molecular complexity index is 1380. The first kappa shape index (κ1) is 20.9. The fourth-order valence-electron chi connectivity index (χ4n) is 2.69. The molecule has 0 aliphatic rings. The Labute approximate surface area is 189 Å². The third-order valence-corrected chi connectivity index (χ3v) is 4.94. The molecule has 4 aromatic rings. The summed E-state index contributed by atoms with van der Waals surface area (Å²) in [5.41, 5.74) is 5.47. The van der Waals surface area contributed by atoms with Crippen molar-refractivity contribution >= 4 is 40.6 Å². The Morgan fingerprint density at radius 3 is 2.32 bits per heavy atom. The standard InChI is InChI=1S/C19H11Cl3N6O3/c20-12-6-10(28-19(30)24-18(29)17(23)27-28)7-13(21)15(12)31-14-8-11(16(22)26-25-14)9-4-2-1-3-5-9/h1-8H,(H2,23,27)(H,24,29,30). The molecule has 9 nitrogen and oxygen atoms in total. The van der Waals surface area contributed by atoms with Crippen LogP contribution in [0, 0.1) is 0 Å². The molecular formula is C19H11Cl3N6O3. The number of hydrogen-bond donors (Lipinski definition) is 2. The van der Waals surface area contributed by atoms with Gasteiger partial charge >= 0.3 is 5.69 Å². The predicted octanol–water partition coefficient (Wildman–Crippen LogP) is 3.71. The van der Waals surface area contributed by atoms with E-state index in [0.29, 0.717) is 5.56 Å². The van der Waals surface area contributed by atoms with E-state index in [-0.39, 0.29) is 32.5 Å². The first-order chi connectivity index (χ1) is 14.8. The van der Waals surface area contributed by atoms with E-state index < -0.39 is 17.1 Å². The summed E-state index contributed by atoms with van der Waals surface area (Å²) < 4.78 is 6.59. The van der Waals surface area contributed by atoms with Gasteiger partial charge in [-0.3, -0.25) is 9.78 Å². The lowest BCUT2D eigenvalue weighted by atomic mass is 10.1. The first-order valence-electron chi connectivity index (χ1n) is 8.58. The molecule has 0 aliphatic heterocycles. The van der Waals surface area contributed by atoms with Gasteiger partial charge in [0.1, 0.15) is 0 Å². The highest BCUT2D eigenvalue weighted by molar-refractivity contribution is 6.37. The quantitative estimate of drug-likeness (QED) is 0.458. The fraction of sp³-hybridized carbons (Fsp3) is 0. The SMILES string of the molecule is Nc1nn(-c2cc(Cl)c(Oc3cc(-c4ccccc4)c(Cl)nn3)c(Cl)c2)c(=O)[nH]c1=O. The number of ether oxygens (including phenoxy) is 1. The number of H-pyrrole nitrogens is 1. The monoisotopic (exact) mass is 476 g/mol. The van der Waals surface area contributed by atoms with Crippen LogP contribution >= 0.6 is 34.8 Å². The molecule has 2 aromatic heterocycles. The Morgan fingerprint density at radius 1 is 0.968 bits per heavy atom. The van der Waals surface area contributed by atoms with Gasteiger partial charge < -0.3 is 10.5 Å². The number of anilines is 1. The van der Waals surface area contributed by atoms with Gasteiger partial charge in [0.25, 0.3) is 5.56 Å². The molecule has 0 spiro atoms. The zero-order valence-electron chi connectivity index (χ0n) is 15.3. The summed E-state index contributed by atoms with van der Waals surface area (Å²) in [5, 5.41) is 11.9. The zero-order chi connectivity index (χ0) is 22.1. The molecule has 0 unspecified atom stereocenters. The largest absolute Gasteiger partial charge is 0.434 e. The first-order valence-corrected chi connectivity index (χ1v) is 9.72. The number of nitrogens with one attached hydrogen (secondary N) is 1. The Kier molecular flexibility index (Phi) is 5.64. The highest BCUT2D eigenvalue weighted by Crippen LogP contribution is 2.38. The molecule has 0 aliphatic carbocycles. The van der Waals surface area contributed by atoms with Crippen LogP contribution in [0.2, 0.25) is 15.2 Å². The topological polar surface area (TPSA) is 129 Å². The van der Waals surface area contributed by atoms with Gasteiger partial charge in [-0.25, -0.2) is 4.79 Å². The smallest absolute Gasteiger partial charge is 0.349 e. The minimum absolute atomic E-state index is 0.0546. The van der Waals surface area contributed by atoms with Crippen LogP contribution in [-0.4, -0.2) is 25.0 Å². The van der Waals surface area contributed by atoms with Gasteiger partial charge in [0.2, 0.25) is 11.7 Å². The number of rotatable bonds is 4. The van der Waals surface area contributed by atoms with Crippen molar-refractivity contribution in [1.82, 2.24) is 25.0 Å². The van der Waals surface area contributed by atoms with Crippen LogP contribution in [0.5, 0.6) is 11.6 Å². The van der Waals surface area contributed by atoms with Crippen LogP contribution in [0.1, 0.15) is 0 Å². The van der Waals surface area contributed by atoms with Crippen LogP contribution in [0.4, 0.5) is 5.82 Å². The summed E-state index contributed by atoms with van der Waals surface area (Å²) in [6.45, 7) is 0. The molecule has 2 aromatic carbocycles. The fourth-order valence-corrected chi connectivity index (χ4v) is 3.44. The number of nitrogen functional groups attached to an aromatic ring is 1. The molecule has 0 amide bonds. The maximum Gasteiger partial charge on any atom is 0.349 e. The van der Waals surface area contributed by atoms with E-state index in [2.05, 4.69) is 15.3 Å². The van der Waals surface area contributed by atoms with E-state index in [9.17, 15) is 9.59 Å². The van der Waals surface area contributed by atoms with Crippen molar-refractivity contribution in [3.05, 3.63) is 84.6 Å². The second kappa shape index (κ2) is 8.38. The molecule has 0 saturated heterocycles. The maximum atomic E-state index is 12.0. The minimum atomic E-state index is -0.809. The summed E-state index contributed by atoms with van der Waals surface area (Å²) in [4.78, 5) is 25.5. The average Bonchev–Trinajstić information content (AvgIpc) is 2.75. The molecular weight excluding hydrogens is 467 g/mol.